The van der Waals surface area contributed by atoms with E-state index >= 15 is 0 Å². The van der Waals surface area contributed by atoms with Crippen molar-refractivity contribution in [1.29, 1.82) is 0 Å². The van der Waals surface area contributed by atoms with Crippen LogP contribution in [0.25, 0.3) is 10.8 Å². The van der Waals surface area contributed by atoms with Gasteiger partial charge in [-0.15, -0.1) is 0 Å². The first-order chi connectivity index (χ1) is 15.1. The highest BCUT2D eigenvalue weighted by molar-refractivity contribution is 6.09. The first-order valence-corrected chi connectivity index (χ1v) is 9.79. The van der Waals surface area contributed by atoms with Gasteiger partial charge in [0.05, 0.1) is 26.3 Å². The van der Waals surface area contributed by atoms with Crippen LogP contribution in [0.15, 0.2) is 83.8 Å². The van der Waals surface area contributed by atoms with Gasteiger partial charge in [-0.3, -0.25) is 9.59 Å². The molecular weight excluding hydrogens is 392 g/mol. The molecule has 0 unspecified atom stereocenters. The molecule has 31 heavy (non-hydrogen) atoms. The molecular formula is C25H22N2O4. The number of nitrogens with zero attached hydrogens (tertiary/aromatic N) is 1. The normalized spacial score (nSPS) is 10.6. The zero-order valence-corrected chi connectivity index (χ0v) is 17.3. The van der Waals surface area contributed by atoms with E-state index in [1.54, 1.807) is 26.5 Å². The highest BCUT2D eigenvalue weighted by Crippen LogP contribution is 2.24. The van der Waals surface area contributed by atoms with E-state index in [0.29, 0.717) is 17.1 Å². The number of carbonyl (C=O) groups excluding carboxylic acids is 1. The van der Waals surface area contributed by atoms with Crippen LogP contribution in [0.3, 0.4) is 0 Å². The van der Waals surface area contributed by atoms with Gasteiger partial charge in [0.2, 0.25) is 0 Å². The van der Waals surface area contributed by atoms with Gasteiger partial charge in [-0.25, -0.2) is 0 Å². The Kier molecular flexibility index (Phi) is 5.71. The summed E-state index contributed by atoms with van der Waals surface area (Å²) in [5, 5.41) is 4.95. The van der Waals surface area contributed by atoms with Gasteiger partial charge in [-0.05, 0) is 35.2 Å². The lowest BCUT2D eigenvalue weighted by Crippen LogP contribution is -2.22. The molecule has 0 aliphatic rings. The lowest BCUT2D eigenvalue weighted by Gasteiger charge is -2.12. The van der Waals surface area contributed by atoms with Gasteiger partial charge >= 0.3 is 0 Å². The Morgan fingerprint density at radius 2 is 1.61 bits per heavy atom. The summed E-state index contributed by atoms with van der Waals surface area (Å²) in [5.74, 6) is 0.979. The van der Waals surface area contributed by atoms with E-state index in [-0.39, 0.29) is 18.0 Å². The van der Waals surface area contributed by atoms with Gasteiger partial charge in [0.15, 0.2) is 0 Å². The van der Waals surface area contributed by atoms with Crippen molar-refractivity contribution >= 4 is 22.4 Å². The number of anilines is 1. The number of nitrogens with one attached hydrogen (secondary N) is 1. The van der Waals surface area contributed by atoms with Crippen LogP contribution >= 0.6 is 0 Å². The summed E-state index contributed by atoms with van der Waals surface area (Å²) in [6.45, 7) is 0.280. The molecule has 0 saturated heterocycles. The van der Waals surface area contributed by atoms with Gasteiger partial charge in [0.1, 0.15) is 11.5 Å². The summed E-state index contributed by atoms with van der Waals surface area (Å²) in [7, 11) is 3.14. The Labute approximate surface area is 179 Å². The molecule has 0 fully saturated rings. The topological polar surface area (TPSA) is 69.6 Å². The Morgan fingerprint density at radius 3 is 2.35 bits per heavy atom. The third-order valence-electron chi connectivity index (χ3n) is 5.05. The van der Waals surface area contributed by atoms with Gasteiger partial charge in [0, 0.05) is 29.4 Å². The Hall–Kier alpha value is -4.06. The molecule has 0 radical (unpaired) electrons. The predicted octanol–water partition coefficient (Wildman–Crippen LogP) is 4.32. The SMILES string of the molecule is COc1cc(Cn2cc(C(=O)Nc3cccc4ccccc34)ccc2=O)cc(OC)c1. The van der Waals surface area contributed by atoms with E-state index in [1.165, 1.54) is 16.7 Å². The number of aromatic nitrogens is 1. The fourth-order valence-electron chi connectivity index (χ4n) is 3.47. The van der Waals surface area contributed by atoms with Crippen LogP contribution in [-0.4, -0.2) is 24.7 Å². The first kappa shape index (κ1) is 20.2. The number of pyridine rings is 1. The van der Waals surface area contributed by atoms with Crippen molar-refractivity contribution in [3.8, 4) is 11.5 Å². The quantitative estimate of drug-likeness (QED) is 0.510. The van der Waals surface area contributed by atoms with E-state index in [1.807, 2.05) is 54.6 Å². The molecule has 0 spiro atoms. The highest BCUT2D eigenvalue weighted by atomic mass is 16.5. The number of rotatable bonds is 6. The number of fused-ring (bicyclic) bond motifs is 1. The van der Waals surface area contributed by atoms with Gasteiger partial charge in [-0.1, -0.05) is 36.4 Å². The Morgan fingerprint density at radius 1 is 0.903 bits per heavy atom. The predicted molar refractivity (Wildman–Crippen MR) is 121 cm³/mol. The summed E-state index contributed by atoms with van der Waals surface area (Å²) in [6, 6.07) is 22.0. The molecule has 0 bridgehead atoms. The second-order valence-electron chi connectivity index (χ2n) is 7.09. The molecule has 3 aromatic carbocycles. The van der Waals surface area contributed by atoms with Crippen LogP contribution in [0.4, 0.5) is 5.69 Å². The molecule has 1 aromatic heterocycles. The standard InChI is InChI=1S/C25H22N2O4/c1-30-20-12-17(13-21(14-20)31-2)15-27-16-19(10-11-24(27)28)25(29)26-23-9-5-7-18-6-3-4-8-22(18)23/h3-14,16H,15H2,1-2H3,(H,26,29). The minimum absolute atomic E-state index is 0.205. The third-order valence-corrected chi connectivity index (χ3v) is 5.05. The zero-order valence-electron chi connectivity index (χ0n) is 17.3. The largest absolute Gasteiger partial charge is 0.497 e. The molecule has 4 aromatic rings. The number of hydrogen-bond donors (Lipinski definition) is 1. The van der Waals surface area contributed by atoms with Crippen molar-refractivity contribution in [2.24, 2.45) is 0 Å². The van der Waals surface area contributed by atoms with Crippen molar-refractivity contribution < 1.29 is 14.3 Å². The Balaban J connectivity index is 1.62. The maximum absolute atomic E-state index is 12.9. The van der Waals surface area contributed by atoms with Crippen molar-refractivity contribution in [1.82, 2.24) is 4.57 Å². The summed E-state index contributed by atoms with van der Waals surface area (Å²) in [5.41, 5.74) is 1.73. The number of carbonyl (C=O) groups is 1. The van der Waals surface area contributed by atoms with Crippen molar-refractivity contribution in [2.45, 2.75) is 6.54 Å². The van der Waals surface area contributed by atoms with Crippen molar-refractivity contribution in [2.75, 3.05) is 19.5 Å². The monoisotopic (exact) mass is 414 g/mol. The van der Waals surface area contributed by atoms with Crippen molar-refractivity contribution in [3.05, 3.63) is 100 Å². The second kappa shape index (κ2) is 8.75. The third kappa shape index (κ3) is 4.43. The molecule has 1 amide bonds. The van der Waals surface area contributed by atoms with Gasteiger partial charge in [-0.2, -0.15) is 0 Å². The maximum Gasteiger partial charge on any atom is 0.257 e. The summed E-state index contributed by atoms with van der Waals surface area (Å²) in [4.78, 5) is 25.3. The van der Waals surface area contributed by atoms with E-state index < -0.39 is 0 Å². The molecule has 1 N–H and O–H groups in total. The highest BCUT2D eigenvalue weighted by Gasteiger charge is 2.11. The average Bonchev–Trinajstić information content (AvgIpc) is 2.80. The number of amides is 1. The molecule has 0 saturated carbocycles. The number of benzene rings is 3. The fourth-order valence-corrected chi connectivity index (χ4v) is 3.47. The molecule has 0 aliphatic carbocycles. The molecule has 0 atom stereocenters. The number of hydrogen-bond acceptors (Lipinski definition) is 4. The molecule has 4 rings (SSSR count). The second-order valence-corrected chi connectivity index (χ2v) is 7.09. The van der Waals surface area contributed by atoms with Crippen LogP contribution in [0.1, 0.15) is 15.9 Å². The maximum atomic E-state index is 12.9. The van der Waals surface area contributed by atoms with Crippen LogP contribution in [-0.2, 0) is 6.54 Å². The van der Waals surface area contributed by atoms with Crippen LogP contribution < -0.4 is 20.3 Å². The minimum Gasteiger partial charge on any atom is -0.497 e. The lowest BCUT2D eigenvalue weighted by atomic mass is 10.1. The van der Waals surface area contributed by atoms with Gasteiger partial charge in [0.25, 0.3) is 11.5 Å². The number of methoxy groups -OCH3 is 2. The van der Waals surface area contributed by atoms with Crippen molar-refractivity contribution in [3.63, 3.8) is 0 Å². The Bertz CT molecular complexity index is 1280. The zero-order chi connectivity index (χ0) is 21.8. The summed E-state index contributed by atoms with van der Waals surface area (Å²) < 4.78 is 12.1. The van der Waals surface area contributed by atoms with Crippen LogP contribution in [0.2, 0.25) is 0 Å². The van der Waals surface area contributed by atoms with E-state index in [9.17, 15) is 9.59 Å². The summed E-state index contributed by atoms with van der Waals surface area (Å²) >= 11 is 0. The number of ether oxygens (including phenoxy) is 2. The molecule has 0 aliphatic heterocycles. The van der Waals surface area contributed by atoms with Gasteiger partial charge < -0.3 is 19.4 Å². The van der Waals surface area contributed by atoms with Crippen LogP contribution in [0, 0.1) is 0 Å². The molecule has 6 nitrogen and oxygen atoms in total. The fraction of sp³-hybridized carbons (Fsp3) is 0.120. The molecule has 1 heterocycles. The molecule has 156 valence electrons. The lowest BCUT2D eigenvalue weighted by molar-refractivity contribution is 0.102. The molecule has 6 heteroatoms. The van der Waals surface area contributed by atoms with E-state index in [4.69, 9.17) is 9.47 Å². The average molecular weight is 414 g/mol. The van der Waals surface area contributed by atoms with Crippen LogP contribution in [0.5, 0.6) is 11.5 Å². The minimum atomic E-state index is -0.284. The summed E-state index contributed by atoms with van der Waals surface area (Å²) in [6.07, 6.45) is 1.56. The smallest absolute Gasteiger partial charge is 0.257 e. The first-order valence-electron chi connectivity index (χ1n) is 9.79. The van der Waals surface area contributed by atoms with E-state index in [0.717, 1.165) is 22.0 Å². The van der Waals surface area contributed by atoms with E-state index in [2.05, 4.69) is 5.32 Å².